The van der Waals surface area contributed by atoms with E-state index < -0.39 is 25.1 Å². The van der Waals surface area contributed by atoms with Gasteiger partial charge in [0.15, 0.2) is 8.07 Å². The first kappa shape index (κ1) is 26.2. The summed E-state index contributed by atoms with van der Waals surface area (Å²) in [6.07, 6.45) is 8.38. The molecular weight excluding hydrogens is 523 g/mol. The van der Waals surface area contributed by atoms with Gasteiger partial charge in [0.1, 0.15) is 0 Å². The molecule has 0 spiro atoms. The van der Waals surface area contributed by atoms with Crippen LogP contribution in [-0.2, 0) is 17.0 Å². The standard InChI is InChI=1S/C29H29N2Si.2ClH.Ti/c1-5-13-24(14-6-1)30-23-25-21-22-29(31-25)32(26-15-7-2-8-16-26,27-17-9-3-10-18-27)28-19-11-4-12-20-28;;;/h2-4,7-12,15-24H,1,5-6,13-14H2;2*1H;/q-1;;;+2/p-2. The van der Waals surface area contributed by atoms with Crippen molar-refractivity contribution in [3.63, 3.8) is 0 Å². The van der Waals surface area contributed by atoms with Crippen LogP contribution in [0.5, 0.6) is 0 Å². The number of rotatable bonds is 6. The van der Waals surface area contributed by atoms with Crippen molar-refractivity contribution >= 4 is 53.8 Å². The van der Waals surface area contributed by atoms with Crippen molar-refractivity contribution in [1.29, 1.82) is 0 Å². The average molecular weight is 552 g/mol. The molecule has 0 bridgehead atoms. The van der Waals surface area contributed by atoms with Gasteiger partial charge in [0.25, 0.3) is 0 Å². The van der Waals surface area contributed by atoms with Gasteiger partial charge in [-0.2, -0.15) is 5.32 Å². The van der Waals surface area contributed by atoms with Gasteiger partial charge < -0.3 is 4.98 Å². The summed E-state index contributed by atoms with van der Waals surface area (Å²) in [4.78, 5) is 10.1. The summed E-state index contributed by atoms with van der Waals surface area (Å²) < 4.78 is 0. The fourth-order valence-corrected chi connectivity index (χ4v) is 9.67. The Kier molecular flexibility index (Phi) is 10.1. The molecule has 6 heteroatoms. The van der Waals surface area contributed by atoms with Gasteiger partial charge in [0, 0.05) is 12.3 Å². The van der Waals surface area contributed by atoms with Crippen LogP contribution in [0.1, 0.15) is 37.8 Å². The molecule has 5 rings (SSSR count). The van der Waals surface area contributed by atoms with E-state index in [1.54, 1.807) is 0 Å². The van der Waals surface area contributed by atoms with Crippen molar-refractivity contribution in [2.45, 2.75) is 38.1 Å². The molecule has 2 nitrogen and oxygen atoms in total. The molecule has 1 aliphatic carbocycles. The van der Waals surface area contributed by atoms with Gasteiger partial charge in [-0.3, -0.25) is 4.99 Å². The van der Waals surface area contributed by atoms with Crippen molar-refractivity contribution in [2.75, 3.05) is 0 Å². The number of hydrogen-bond donors (Lipinski definition) is 0. The maximum atomic E-state index is 5.21. The summed E-state index contributed by atoms with van der Waals surface area (Å²) in [5.41, 5.74) is 0.977. The SMILES string of the molecule is C(=NC1CCCCC1)c1ccc([Si](c2ccccc2)(c2ccccc2)c2ccccc2)[n-]1.[Cl][Ti][Cl]. The molecule has 0 amide bonds. The van der Waals surface area contributed by atoms with E-state index in [2.05, 4.69) is 103 Å². The predicted octanol–water partition coefficient (Wildman–Crippen LogP) is 5.15. The fourth-order valence-electron chi connectivity index (χ4n) is 5.08. The van der Waals surface area contributed by atoms with E-state index in [4.69, 9.17) is 28.6 Å². The predicted molar refractivity (Wildman–Crippen MR) is 150 cm³/mol. The van der Waals surface area contributed by atoms with Crippen molar-refractivity contribution in [3.05, 3.63) is 109 Å². The molecule has 0 N–H and O–H groups in total. The average Bonchev–Trinajstić information content (AvgIpc) is 3.40. The number of nitrogens with zero attached hydrogens (tertiary/aromatic N) is 2. The Labute approximate surface area is 226 Å². The van der Waals surface area contributed by atoms with E-state index >= 15 is 0 Å². The number of benzene rings is 3. The van der Waals surface area contributed by atoms with Crippen LogP contribution in [-0.4, -0.2) is 20.3 Å². The van der Waals surface area contributed by atoms with E-state index in [1.807, 2.05) is 6.21 Å². The second-order valence-corrected chi connectivity index (χ2v) is 15.1. The van der Waals surface area contributed by atoms with Gasteiger partial charge >= 0.3 is 35.6 Å². The van der Waals surface area contributed by atoms with Gasteiger partial charge in [0.2, 0.25) is 0 Å². The molecule has 0 aliphatic heterocycles. The molecule has 0 saturated heterocycles. The summed E-state index contributed by atoms with van der Waals surface area (Å²) in [6.45, 7) is 0. The zero-order valence-corrected chi connectivity index (χ0v) is 23.7. The Bertz CT molecular complexity index is 1080. The topological polar surface area (TPSA) is 26.5 Å². The Balaban J connectivity index is 0.000000917. The van der Waals surface area contributed by atoms with Crippen LogP contribution >= 0.6 is 18.6 Å². The van der Waals surface area contributed by atoms with E-state index in [0.29, 0.717) is 6.04 Å². The molecule has 3 aromatic carbocycles. The molecule has 35 heavy (non-hydrogen) atoms. The van der Waals surface area contributed by atoms with Gasteiger partial charge in [-0.05, 0) is 28.4 Å². The van der Waals surface area contributed by atoms with Crippen LogP contribution in [0, 0.1) is 0 Å². The first-order chi connectivity index (χ1) is 17.3. The van der Waals surface area contributed by atoms with Gasteiger partial charge in [-0.1, -0.05) is 122 Å². The molecule has 1 aromatic heterocycles. The third kappa shape index (κ3) is 6.28. The van der Waals surface area contributed by atoms with Crippen LogP contribution in [0.15, 0.2) is 108 Å². The monoisotopic (exact) mass is 551 g/mol. The van der Waals surface area contributed by atoms with E-state index in [0.717, 1.165) is 5.69 Å². The Morgan fingerprint density at radius 1 is 0.686 bits per heavy atom. The van der Waals surface area contributed by atoms with Crippen LogP contribution in [0.2, 0.25) is 0 Å². The summed E-state index contributed by atoms with van der Waals surface area (Å²) in [7, 11) is 7.26. The molecule has 0 radical (unpaired) electrons. The van der Waals surface area contributed by atoms with E-state index in [9.17, 15) is 0 Å². The van der Waals surface area contributed by atoms with Crippen molar-refractivity contribution in [3.8, 4) is 0 Å². The minimum atomic E-state index is -2.52. The van der Waals surface area contributed by atoms with Crippen molar-refractivity contribution < 1.29 is 17.0 Å². The number of aliphatic imine (C=N–C) groups is 1. The Morgan fingerprint density at radius 2 is 1.14 bits per heavy atom. The second-order valence-electron chi connectivity index (χ2n) is 8.74. The van der Waals surface area contributed by atoms with E-state index in [1.165, 1.54) is 53.0 Å². The normalized spacial score (nSPS) is 14.3. The van der Waals surface area contributed by atoms with Gasteiger partial charge in [-0.15, -0.1) is 5.69 Å². The van der Waals surface area contributed by atoms with Crippen LogP contribution < -0.4 is 25.9 Å². The number of aromatic nitrogens is 1. The van der Waals surface area contributed by atoms with E-state index in [-0.39, 0.29) is 0 Å². The molecule has 1 aliphatic rings. The molecule has 0 atom stereocenters. The fraction of sp³-hybridized carbons (Fsp3) is 0.207. The van der Waals surface area contributed by atoms with Gasteiger partial charge in [-0.25, -0.2) is 0 Å². The van der Waals surface area contributed by atoms with Crippen molar-refractivity contribution in [1.82, 2.24) is 4.98 Å². The zero-order valence-electron chi connectivity index (χ0n) is 19.7. The quantitative estimate of drug-likeness (QED) is 0.185. The third-order valence-corrected chi connectivity index (χ3v) is 11.3. The first-order valence-corrected chi connectivity index (χ1v) is 18.4. The van der Waals surface area contributed by atoms with Crippen LogP contribution in [0.3, 0.4) is 0 Å². The first-order valence-electron chi connectivity index (χ1n) is 12.1. The molecule has 1 heterocycles. The summed E-state index contributed by atoms with van der Waals surface area (Å²) in [5.74, 6) is 0. The minimum absolute atomic E-state index is 0.461. The molecule has 178 valence electrons. The zero-order chi connectivity index (χ0) is 24.3. The second kappa shape index (κ2) is 13.4. The van der Waals surface area contributed by atoms with Crippen molar-refractivity contribution in [2.24, 2.45) is 4.99 Å². The Morgan fingerprint density at radius 3 is 1.60 bits per heavy atom. The molecule has 0 unspecified atom stereocenters. The van der Waals surface area contributed by atoms with Gasteiger partial charge in [0.05, 0.1) is 0 Å². The molecule has 1 fully saturated rings. The van der Waals surface area contributed by atoms with Crippen LogP contribution in [0.4, 0.5) is 0 Å². The summed E-state index contributed by atoms with van der Waals surface area (Å²) in [5, 5.41) is 5.23. The van der Waals surface area contributed by atoms with Crippen LogP contribution in [0.25, 0.3) is 0 Å². The number of halogens is 2. The summed E-state index contributed by atoms with van der Waals surface area (Å²) >= 11 is -0.556. The molecular formula is C29H29Cl2N2SiTi-. The number of hydrogen-bond acceptors (Lipinski definition) is 1. The summed E-state index contributed by atoms with van der Waals surface area (Å²) in [6, 6.07) is 37.7. The third-order valence-electron chi connectivity index (χ3n) is 6.66. The maximum absolute atomic E-state index is 5.21. The molecule has 4 aromatic rings. The Hall–Kier alpha value is -1.88. The molecule has 1 saturated carbocycles.